The van der Waals surface area contributed by atoms with Crippen molar-refractivity contribution in [2.75, 3.05) is 13.1 Å². The van der Waals surface area contributed by atoms with E-state index in [4.69, 9.17) is 4.74 Å². The Kier molecular flexibility index (Phi) is 5.87. The van der Waals surface area contributed by atoms with E-state index in [1.807, 2.05) is 0 Å². The summed E-state index contributed by atoms with van der Waals surface area (Å²) in [7, 11) is 0. The lowest BCUT2D eigenvalue weighted by Crippen LogP contribution is -2.28. The molecule has 2 rings (SSSR count). The van der Waals surface area contributed by atoms with E-state index in [0.29, 0.717) is 6.10 Å². The van der Waals surface area contributed by atoms with Crippen molar-refractivity contribution in [3.05, 3.63) is 35.9 Å². The molecule has 1 saturated carbocycles. The van der Waals surface area contributed by atoms with Crippen molar-refractivity contribution in [3.8, 4) is 0 Å². The van der Waals surface area contributed by atoms with Gasteiger partial charge in [-0.1, -0.05) is 44.2 Å². The summed E-state index contributed by atoms with van der Waals surface area (Å²) < 4.78 is 6.37. The van der Waals surface area contributed by atoms with E-state index < -0.39 is 0 Å². The van der Waals surface area contributed by atoms with Crippen LogP contribution in [-0.2, 0) is 4.74 Å². The van der Waals surface area contributed by atoms with Crippen LogP contribution < -0.4 is 5.32 Å². The Labute approximate surface area is 117 Å². The van der Waals surface area contributed by atoms with Gasteiger partial charge in [0.25, 0.3) is 0 Å². The minimum atomic E-state index is 0.194. The second kappa shape index (κ2) is 7.66. The van der Waals surface area contributed by atoms with Crippen molar-refractivity contribution in [1.29, 1.82) is 0 Å². The van der Waals surface area contributed by atoms with Gasteiger partial charge in [-0.05, 0) is 43.7 Å². The SMILES string of the molecule is CCNCC(OC1CCC(C)CC1)c1ccccc1. The molecule has 1 unspecified atom stereocenters. The molecule has 0 heterocycles. The molecule has 1 atom stereocenters. The van der Waals surface area contributed by atoms with Crippen LogP contribution in [0, 0.1) is 5.92 Å². The van der Waals surface area contributed by atoms with Crippen LogP contribution in [0.5, 0.6) is 0 Å². The highest BCUT2D eigenvalue weighted by atomic mass is 16.5. The number of likely N-dealkylation sites (N-methyl/N-ethyl adjacent to an activating group) is 1. The van der Waals surface area contributed by atoms with Crippen LogP contribution in [0.3, 0.4) is 0 Å². The normalized spacial score (nSPS) is 25.2. The highest BCUT2D eigenvalue weighted by Gasteiger charge is 2.22. The van der Waals surface area contributed by atoms with Crippen molar-refractivity contribution >= 4 is 0 Å². The molecule has 0 aromatic heterocycles. The molecule has 0 saturated heterocycles. The fourth-order valence-electron chi connectivity index (χ4n) is 2.79. The van der Waals surface area contributed by atoms with Crippen LogP contribution in [0.25, 0.3) is 0 Å². The van der Waals surface area contributed by atoms with Crippen molar-refractivity contribution in [1.82, 2.24) is 5.32 Å². The molecule has 0 amide bonds. The van der Waals surface area contributed by atoms with E-state index in [2.05, 4.69) is 49.5 Å². The molecule has 106 valence electrons. The third-order valence-corrected chi connectivity index (χ3v) is 4.07. The van der Waals surface area contributed by atoms with Gasteiger partial charge >= 0.3 is 0 Å². The number of ether oxygens (including phenoxy) is 1. The first-order valence-electron chi connectivity index (χ1n) is 7.70. The molecular weight excluding hydrogens is 234 g/mol. The van der Waals surface area contributed by atoms with Crippen LogP contribution in [0.4, 0.5) is 0 Å². The number of nitrogens with one attached hydrogen (secondary N) is 1. The summed E-state index contributed by atoms with van der Waals surface area (Å²) >= 11 is 0. The maximum atomic E-state index is 6.37. The summed E-state index contributed by atoms with van der Waals surface area (Å²) in [4.78, 5) is 0. The van der Waals surface area contributed by atoms with E-state index in [0.717, 1.165) is 19.0 Å². The summed E-state index contributed by atoms with van der Waals surface area (Å²) in [5, 5.41) is 3.42. The third-order valence-electron chi connectivity index (χ3n) is 4.07. The molecule has 1 aliphatic rings. The second-order valence-corrected chi connectivity index (χ2v) is 5.72. The average molecular weight is 261 g/mol. The molecule has 0 radical (unpaired) electrons. The van der Waals surface area contributed by atoms with E-state index in [1.54, 1.807) is 0 Å². The van der Waals surface area contributed by atoms with Gasteiger partial charge in [-0.25, -0.2) is 0 Å². The number of rotatable bonds is 6. The first-order chi connectivity index (χ1) is 9.29. The van der Waals surface area contributed by atoms with Gasteiger partial charge in [0.1, 0.15) is 0 Å². The topological polar surface area (TPSA) is 21.3 Å². The number of hydrogen-bond acceptors (Lipinski definition) is 2. The Bertz CT molecular complexity index is 344. The Morgan fingerprint density at radius 1 is 1.16 bits per heavy atom. The first kappa shape index (κ1) is 14.5. The third kappa shape index (κ3) is 4.63. The molecular formula is C17H27NO. The van der Waals surface area contributed by atoms with Gasteiger partial charge in [-0.15, -0.1) is 0 Å². The highest BCUT2D eigenvalue weighted by Crippen LogP contribution is 2.29. The highest BCUT2D eigenvalue weighted by molar-refractivity contribution is 5.18. The van der Waals surface area contributed by atoms with Crippen LogP contribution in [0.1, 0.15) is 51.2 Å². The van der Waals surface area contributed by atoms with Crippen molar-refractivity contribution in [2.45, 2.75) is 51.7 Å². The van der Waals surface area contributed by atoms with E-state index in [-0.39, 0.29) is 6.10 Å². The summed E-state index contributed by atoms with van der Waals surface area (Å²) in [5.41, 5.74) is 1.29. The Morgan fingerprint density at radius 2 is 1.84 bits per heavy atom. The van der Waals surface area contributed by atoms with Gasteiger partial charge in [0.15, 0.2) is 0 Å². The molecule has 1 aromatic carbocycles. The fraction of sp³-hybridized carbons (Fsp3) is 0.647. The largest absolute Gasteiger partial charge is 0.369 e. The number of benzene rings is 1. The smallest absolute Gasteiger partial charge is 0.0952 e. The summed E-state index contributed by atoms with van der Waals surface area (Å²) in [5.74, 6) is 0.879. The van der Waals surface area contributed by atoms with E-state index in [1.165, 1.54) is 31.2 Å². The van der Waals surface area contributed by atoms with E-state index in [9.17, 15) is 0 Å². The number of hydrogen-bond donors (Lipinski definition) is 1. The molecule has 2 heteroatoms. The maximum Gasteiger partial charge on any atom is 0.0952 e. The molecule has 0 bridgehead atoms. The zero-order valence-electron chi connectivity index (χ0n) is 12.3. The van der Waals surface area contributed by atoms with Crippen molar-refractivity contribution in [2.24, 2.45) is 5.92 Å². The minimum Gasteiger partial charge on any atom is -0.369 e. The fourth-order valence-corrected chi connectivity index (χ4v) is 2.79. The standard InChI is InChI=1S/C17H27NO/c1-3-18-13-17(15-7-5-4-6-8-15)19-16-11-9-14(2)10-12-16/h4-8,14,16-18H,3,9-13H2,1-2H3. The van der Waals surface area contributed by atoms with Gasteiger partial charge < -0.3 is 10.1 Å². The van der Waals surface area contributed by atoms with Crippen LogP contribution in [-0.4, -0.2) is 19.2 Å². The van der Waals surface area contributed by atoms with Gasteiger partial charge in [-0.3, -0.25) is 0 Å². The molecule has 1 fully saturated rings. The summed E-state index contributed by atoms with van der Waals surface area (Å²) in [6, 6.07) is 10.6. The van der Waals surface area contributed by atoms with Gasteiger partial charge in [-0.2, -0.15) is 0 Å². The van der Waals surface area contributed by atoms with Crippen molar-refractivity contribution < 1.29 is 4.74 Å². The Balaban J connectivity index is 1.94. The lowest BCUT2D eigenvalue weighted by Gasteiger charge is -2.30. The zero-order valence-corrected chi connectivity index (χ0v) is 12.3. The zero-order chi connectivity index (χ0) is 13.5. The minimum absolute atomic E-state index is 0.194. The summed E-state index contributed by atoms with van der Waals surface area (Å²) in [6.07, 6.45) is 5.70. The molecule has 0 spiro atoms. The lowest BCUT2D eigenvalue weighted by molar-refractivity contribution is -0.0360. The molecule has 1 aliphatic carbocycles. The van der Waals surface area contributed by atoms with E-state index >= 15 is 0 Å². The Morgan fingerprint density at radius 3 is 2.47 bits per heavy atom. The predicted molar refractivity (Wildman–Crippen MR) is 80.2 cm³/mol. The van der Waals surface area contributed by atoms with Gasteiger partial charge in [0.05, 0.1) is 12.2 Å². The summed E-state index contributed by atoms with van der Waals surface area (Å²) in [6.45, 7) is 6.40. The maximum absolute atomic E-state index is 6.37. The van der Waals surface area contributed by atoms with Crippen LogP contribution in [0.2, 0.25) is 0 Å². The lowest BCUT2D eigenvalue weighted by atomic mass is 9.89. The Hall–Kier alpha value is -0.860. The van der Waals surface area contributed by atoms with Crippen LogP contribution in [0.15, 0.2) is 30.3 Å². The van der Waals surface area contributed by atoms with Crippen LogP contribution >= 0.6 is 0 Å². The molecule has 19 heavy (non-hydrogen) atoms. The monoisotopic (exact) mass is 261 g/mol. The average Bonchev–Trinajstić information content (AvgIpc) is 2.46. The molecule has 1 aromatic rings. The molecule has 1 N–H and O–H groups in total. The molecule has 2 nitrogen and oxygen atoms in total. The first-order valence-corrected chi connectivity index (χ1v) is 7.70. The van der Waals surface area contributed by atoms with Gasteiger partial charge in [0, 0.05) is 6.54 Å². The predicted octanol–water partition coefficient (Wildman–Crippen LogP) is 3.93. The molecule has 0 aliphatic heterocycles. The van der Waals surface area contributed by atoms with Gasteiger partial charge in [0.2, 0.25) is 0 Å². The van der Waals surface area contributed by atoms with Crippen molar-refractivity contribution in [3.63, 3.8) is 0 Å². The second-order valence-electron chi connectivity index (χ2n) is 5.72. The quantitative estimate of drug-likeness (QED) is 0.837.